The third-order valence-electron chi connectivity index (χ3n) is 1.71. The van der Waals surface area contributed by atoms with Crippen molar-refractivity contribution in [2.24, 2.45) is 0 Å². The molecule has 67 valence electrons. The van der Waals surface area contributed by atoms with Crippen LogP contribution < -0.4 is 15.3 Å². The zero-order chi connectivity index (χ0) is 9.42. The van der Waals surface area contributed by atoms with Gasteiger partial charge in [0.2, 0.25) is 5.10 Å². The SMILES string of the molecule is Nc1n[n+]([O-])c2ccccc2[n+]1[O-].[Na]. The molecule has 0 aliphatic carbocycles. The minimum Gasteiger partial charge on any atom is -0.739 e. The molecule has 7 heteroatoms. The van der Waals surface area contributed by atoms with Crippen LogP contribution in [-0.2, 0) is 0 Å². The van der Waals surface area contributed by atoms with E-state index in [1.165, 1.54) is 12.1 Å². The van der Waals surface area contributed by atoms with Gasteiger partial charge in [-0.25, -0.2) is 4.73 Å². The minimum absolute atomic E-state index is 0. The van der Waals surface area contributed by atoms with Gasteiger partial charge in [0, 0.05) is 40.5 Å². The number of hydrogen-bond acceptors (Lipinski definition) is 4. The standard InChI is InChI=1S/C7H6N4O2.Na/c8-7-9-11(13)6-4-2-1-3-5(6)10(7)12;/h1-4H,(H2,8,9);. The molecule has 14 heavy (non-hydrogen) atoms. The molecule has 1 radical (unpaired) electrons. The second kappa shape index (κ2) is 3.95. The Morgan fingerprint density at radius 2 is 1.71 bits per heavy atom. The zero-order valence-corrected chi connectivity index (χ0v) is 9.54. The second-order valence-electron chi connectivity index (χ2n) is 2.51. The molecular formula is C7H6N4NaO2. The van der Waals surface area contributed by atoms with Crippen LogP contribution in [0.5, 0.6) is 0 Å². The van der Waals surface area contributed by atoms with Crippen LogP contribution in [0.15, 0.2) is 24.3 Å². The number of para-hydroxylation sites is 2. The molecule has 0 saturated carbocycles. The summed E-state index contributed by atoms with van der Waals surface area (Å²) in [7, 11) is 0. The summed E-state index contributed by atoms with van der Waals surface area (Å²) in [5.41, 5.74) is 5.62. The van der Waals surface area contributed by atoms with Gasteiger partial charge >= 0.3 is 5.95 Å². The molecule has 0 aliphatic heterocycles. The van der Waals surface area contributed by atoms with E-state index in [1.807, 2.05) is 0 Å². The van der Waals surface area contributed by atoms with Gasteiger partial charge in [0.1, 0.15) is 0 Å². The number of nitrogens with zero attached hydrogens (tertiary/aromatic N) is 3. The summed E-state index contributed by atoms with van der Waals surface area (Å²) in [4.78, 5) is 0.332. The number of rotatable bonds is 0. The number of nitrogen functional groups attached to an aromatic ring is 1. The molecular weight excluding hydrogens is 195 g/mol. The van der Waals surface area contributed by atoms with E-state index in [0.717, 1.165) is 0 Å². The molecule has 1 aromatic carbocycles. The smallest absolute Gasteiger partial charge is 0.458 e. The molecule has 2 rings (SSSR count). The van der Waals surface area contributed by atoms with Gasteiger partial charge in [0.15, 0.2) is 5.52 Å². The number of aromatic nitrogens is 3. The summed E-state index contributed by atoms with van der Waals surface area (Å²) >= 11 is 0. The van der Waals surface area contributed by atoms with Crippen LogP contribution in [0.4, 0.5) is 5.95 Å². The van der Waals surface area contributed by atoms with E-state index in [9.17, 15) is 10.4 Å². The first-order chi connectivity index (χ1) is 6.20. The van der Waals surface area contributed by atoms with Crippen molar-refractivity contribution in [1.82, 2.24) is 5.10 Å². The maximum absolute atomic E-state index is 11.3. The van der Waals surface area contributed by atoms with Gasteiger partial charge in [-0.2, -0.15) is 0 Å². The topological polar surface area (TPSA) is 92.8 Å². The summed E-state index contributed by atoms with van der Waals surface area (Å²) in [6.45, 7) is 0. The van der Waals surface area contributed by atoms with E-state index in [4.69, 9.17) is 5.73 Å². The number of benzene rings is 1. The van der Waals surface area contributed by atoms with Gasteiger partial charge in [-0.05, 0) is 6.07 Å². The molecule has 0 spiro atoms. The van der Waals surface area contributed by atoms with Gasteiger partial charge in [-0.1, -0.05) is 12.1 Å². The van der Waals surface area contributed by atoms with Crippen molar-refractivity contribution >= 4 is 46.5 Å². The number of fused-ring (bicyclic) bond motifs is 1. The van der Waals surface area contributed by atoms with Crippen LogP contribution >= 0.6 is 0 Å². The molecule has 0 unspecified atom stereocenters. The van der Waals surface area contributed by atoms with E-state index in [2.05, 4.69) is 5.10 Å². The van der Waals surface area contributed by atoms with Crippen LogP contribution in [0.3, 0.4) is 0 Å². The van der Waals surface area contributed by atoms with Gasteiger partial charge in [0.25, 0.3) is 5.52 Å². The van der Waals surface area contributed by atoms with Gasteiger partial charge < -0.3 is 10.4 Å². The van der Waals surface area contributed by atoms with Crippen LogP contribution in [-0.4, -0.2) is 34.7 Å². The Kier molecular flexibility index (Phi) is 3.10. The first-order valence-corrected chi connectivity index (χ1v) is 3.58. The Labute approximate surface area is 101 Å². The zero-order valence-electron chi connectivity index (χ0n) is 7.54. The Morgan fingerprint density at radius 1 is 1.14 bits per heavy atom. The van der Waals surface area contributed by atoms with Crippen molar-refractivity contribution in [2.75, 3.05) is 5.73 Å². The monoisotopic (exact) mass is 201 g/mol. The van der Waals surface area contributed by atoms with E-state index in [1.54, 1.807) is 12.1 Å². The fourth-order valence-electron chi connectivity index (χ4n) is 1.11. The average molecular weight is 201 g/mol. The number of hydrogen-bond donors (Lipinski definition) is 1. The van der Waals surface area contributed by atoms with E-state index < -0.39 is 0 Å². The minimum atomic E-state index is -0.353. The molecule has 0 amide bonds. The fourth-order valence-corrected chi connectivity index (χ4v) is 1.11. The van der Waals surface area contributed by atoms with Crippen molar-refractivity contribution in [2.45, 2.75) is 0 Å². The molecule has 0 aliphatic rings. The van der Waals surface area contributed by atoms with E-state index in [-0.39, 0.29) is 46.5 Å². The Morgan fingerprint density at radius 3 is 2.36 bits per heavy atom. The summed E-state index contributed by atoms with van der Waals surface area (Å²) in [5, 5.41) is 25.7. The fraction of sp³-hybridized carbons (Fsp3) is 0. The Bertz CT molecular complexity index is 476. The Hall–Kier alpha value is -1.11. The van der Waals surface area contributed by atoms with Crippen LogP contribution in [0, 0.1) is 10.4 Å². The average Bonchev–Trinajstić information content (AvgIpc) is 2.15. The molecule has 0 saturated heterocycles. The van der Waals surface area contributed by atoms with Crippen molar-refractivity contribution in [3.8, 4) is 0 Å². The van der Waals surface area contributed by atoms with Crippen molar-refractivity contribution in [1.29, 1.82) is 0 Å². The maximum Gasteiger partial charge on any atom is 0.458 e. The van der Waals surface area contributed by atoms with Crippen LogP contribution in [0.2, 0.25) is 0 Å². The van der Waals surface area contributed by atoms with E-state index in [0.29, 0.717) is 9.58 Å². The maximum atomic E-state index is 11.3. The van der Waals surface area contributed by atoms with Crippen molar-refractivity contribution < 1.29 is 9.58 Å². The molecule has 1 aromatic heterocycles. The summed E-state index contributed by atoms with van der Waals surface area (Å²) in [6.07, 6.45) is 0. The van der Waals surface area contributed by atoms with Crippen LogP contribution in [0.25, 0.3) is 11.0 Å². The summed E-state index contributed by atoms with van der Waals surface area (Å²) < 4.78 is 0.420. The largest absolute Gasteiger partial charge is 0.739 e. The molecule has 2 aromatic rings. The third-order valence-corrected chi connectivity index (χ3v) is 1.71. The van der Waals surface area contributed by atoms with E-state index >= 15 is 0 Å². The predicted octanol–water partition coefficient (Wildman–Crippen LogP) is -1.30. The molecule has 0 atom stereocenters. The quantitative estimate of drug-likeness (QED) is 0.326. The molecule has 0 fully saturated rings. The van der Waals surface area contributed by atoms with Gasteiger partial charge in [0.05, 0.1) is 0 Å². The molecule has 6 nitrogen and oxygen atoms in total. The van der Waals surface area contributed by atoms with Gasteiger partial charge in [-0.15, -0.1) is 0 Å². The second-order valence-corrected chi connectivity index (χ2v) is 2.51. The van der Waals surface area contributed by atoms with Crippen molar-refractivity contribution in [3.63, 3.8) is 0 Å². The number of anilines is 1. The molecule has 1 heterocycles. The molecule has 2 N–H and O–H groups in total. The first kappa shape index (κ1) is 11.0. The van der Waals surface area contributed by atoms with Gasteiger partial charge in [-0.3, -0.25) is 5.73 Å². The third kappa shape index (κ3) is 1.59. The summed E-state index contributed by atoms with van der Waals surface area (Å²) in [6, 6.07) is 6.31. The number of nitrogens with two attached hydrogens (primary N) is 1. The molecule has 0 bridgehead atoms. The summed E-state index contributed by atoms with van der Waals surface area (Å²) in [5.74, 6) is -0.353. The predicted molar refractivity (Wildman–Crippen MR) is 49.8 cm³/mol. The first-order valence-electron chi connectivity index (χ1n) is 3.58. The Balaban J connectivity index is 0.000000980. The van der Waals surface area contributed by atoms with Crippen molar-refractivity contribution in [3.05, 3.63) is 34.7 Å². The van der Waals surface area contributed by atoms with Crippen LogP contribution in [0.1, 0.15) is 0 Å². The normalized spacial score (nSPS) is 9.71.